The van der Waals surface area contributed by atoms with Crippen molar-refractivity contribution in [3.63, 3.8) is 0 Å². The molecule has 0 amide bonds. The number of benzene rings is 5. The largest absolute Gasteiger partial charge is 0.0724 e. The van der Waals surface area contributed by atoms with Gasteiger partial charge in [0, 0.05) is 0 Å². The van der Waals surface area contributed by atoms with E-state index in [2.05, 4.69) is 125 Å². The molecule has 1 aliphatic carbocycles. The van der Waals surface area contributed by atoms with Crippen molar-refractivity contribution < 1.29 is 0 Å². The molecular formula is C33H28. The Morgan fingerprint density at radius 3 is 1.73 bits per heavy atom. The highest BCUT2D eigenvalue weighted by molar-refractivity contribution is 6.00. The van der Waals surface area contributed by atoms with Gasteiger partial charge in [-0.3, -0.25) is 0 Å². The summed E-state index contributed by atoms with van der Waals surface area (Å²) in [5.74, 6) is 0. The molecule has 0 saturated carbocycles. The summed E-state index contributed by atoms with van der Waals surface area (Å²) in [4.78, 5) is 0. The number of hydrogen-bond donors (Lipinski definition) is 0. The van der Waals surface area contributed by atoms with Crippen LogP contribution in [0.1, 0.15) is 44.5 Å². The molecule has 0 nitrogen and oxygen atoms in total. The maximum absolute atomic E-state index is 2.42. The van der Waals surface area contributed by atoms with Crippen molar-refractivity contribution in [2.75, 3.05) is 0 Å². The minimum Gasteiger partial charge on any atom is -0.0620 e. The van der Waals surface area contributed by atoms with Crippen LogP contribution in [0.4, 0.5) is 0 Å². The van der Waals surface area contributed by atoms with E-state index in [0.29, 0.717) is 0 Å². The molecule has 160 valence electrons. The average molecular weight is 425 g/mol. The van der Waals surface area contributed by atoms with Crippen molar-refractivity contribution in [2.24, 2.45) is 0 Å². The second-order valence-electron chi connectivity index (χ2n) is 9.64. The molecule has 0 bridgehead atoms. The molecule has 6 rings (SSSR count). The second-order valence-corrected chi connectivity index (χ2v) is 9.64. The summed E-state index contributed by atoms with van der Waals surface area (Å²) in [5.41, 5.74) is 13.2. The molecule has 0 aromatic heterocycles. The predicted octanol–water partition coefficient (Wildman–Crippen LogP) is 8.44. The number of fused-ring (bicyclic) bond motifs is 5. The highest BCUT2D eigenvalue weighted by Crippen LogP contribution is 2.59. The highest BCUT2D eigenvalue weighted by Gasteiger charge is 2.48. The Morgan fingerprint density at radius 2 is 1.06 bits per heavy atom. The van der Waals surface area contributed by atoms with Crippen molar-refractivity contribution >= 4 is 10.8 Å². The van der Waals surface area contributed by atoms with E-state index in [1.165, 1.54) is 66.4 Å². The minimum atomic E-state index is -0.359. The van der Waals surface area contributed by atoms with E-state index in [9.17, 15) is 0 Å². The Morgan fingerprint density at radius 1 is 0.485 bits per heavy atom. The molecule has 0 heterocycles. The molecule has 0 aliphatic heterocycles. The van der Waals surface area contributed by atoms with Crippen molar-refractivity contribution in [3.8, 4) is 11.1 Å². The zero-order chi connectivity index (χ0) is 22.7. The van der Waals surface area contributed by atoms with E-state index in [1.54, 1.807) is 0 Å². The fourth-order valence-corrected chi connectivity index (χ4v) is 6.11. The average Bonchev–Trinajstić information content (AvgIpc) is 3.10. The Kier molecular flexibility index (Phi) is 4.35. The molecule has 0 unspecified atom stereocenters. The first kappa shape index (κ1) is 20.0. The zero-order valence-corrected chi connectivity index (χ0v) is 19.7. The van der Waals surface area contributed by atoms with Gasteiger partial charge >= 0.3 is 0 Å². The third kappa shape index (κ3) is 2.70. The Hall–Kier alpha value is -3.64. The first-order valence-electron chi connectivity index (χ1n) is 11.8. The fraction of sp³-hybridized carbons (Fsp3) is 0.152. The van der Waals surface area contributed by atoms with Gasteiger partial charge in [-0.1, -0.05) is 108 Å². The van der Waals surface area contributed by atoms with Crippen LogP contribution < -0.4 is 0 Å². The summed E-state index contributed by atoms with van der Waals surface area (Å²) in [7, 11) is 0. The molecule has 5 aromatic carbocycles. The lowest BCUT2D eigenvalue weighted by atomic mass is 9.64. The monoisotopic (exact) mass is 424 g/mol. The Labute approximate surface area is 196 Å². The SMILES string of the molecule is Cc1ccc2c(c1)C(c1ccccc1C)(c1ccccc1C)c1c-2ccc2cc(C)ccc12. The summed E-state index contributed by atoms with van der Waals surface area (Å²) in [6.45, 7) is 8.92. The van der Waals surface area contributed by atoms with Crippen LogP contribution in [0.3, 0.4) is 0 Å². The van der Waals surface area contributed by atoms with Crippen LogP contribution in [0, 0.1) is 27.7 Å². The summed E-state index contributed by atoms with van der Waals surface area (Å²) in [5, 5.41) is 2.66. The third-order valence-electron chi connectivity index (χ3n) is 7.52. The molecule has 0 saturated heterocycles. The fourth-order valence-electron chi connectivity index (χ4n) is 6.11. The molecule has 0 fully saturated rings. The van der Waals surface area contributed by atoms with Crippen LogP contribution in [0.25, 0.3) is 21.9 Å². The first-order valence-corrected chi connectivity index (χ1v) is 11.8. The Balaban J connectivity index is 1.91. The molecule has 5 aromatic rings. The van der Waals surface area contributed by atoms with Crippen LogP contribution in [-0.4, -0.2) is 0 Å². The van der Waals surface area contributed by atoms with Crippen molar-refractivity contribution in [1.29, 1.82) is 0 Å². The second kappa shape index (κ2) is 7.18. The normalized spacial score (nSPS) is 13.7. The topological polar surface area (TPSA) is 0 Å². The van der Waals surface area contributed by atoms with E-state index in [4.69, 9.17) is 0 Å². The molecule has 1 aliphatic rings. The highest BCUT2D eigenvalue weighted by atomic mass is 14.5. The van der Waals surface area contributed by atoms with Gasteiger partial charge in [-0.15, -0.1) is 0 Å². The maximum atomic E-state index is 2.42. The first-order chi connectivity index (χ1) is 16.0. The Bertz CT molecular complexity index is 1500. The van der Waals surface area contributed by atoms with Gasteiger partial charge in [-0.25, -0.2) is 0 Å². The van der Waals surface area contributed by atoms with Crippen molar-refractivity contribution in [3.05, 3.63) is 142 Å². The number of hydrogen-bond acceptors (Lipinski definition) is 0. The lowest BCUT2D eigenvalue weighted by Crippen LogP contribution is -2.31. The zero-order valence-electron chi connectivity index (χ0n) is 19.7. The van der Waals surface area contributed by atoms with Crippen LogP contribution in [0.2, 0.25) is 0 Å². The van der Waals surface area contributed by atoms with Gasteiger partial charge < -0.3 is 0 Å². The molecule has 0 spiro atoms. The molecule has 0 radical (unpaired) electrons. The number of rotatable bonds is 2. The predicted molar refractivity (Wildman–Crippen MR) is 140 cm³/mol. The van der Waals surface area contributed by atoms with Gasteiger partial charge in [-0.2, -0.15) is 0 Å². The van der Waals surface area contributed by atoms with Crippen LogP contribution in [0.15, 0.2) is 97.1 Å². The lowest BCUT2D eigenvalue weighted by Gasteiger charge is -2.37. The maximum Gasteiger partial charge on any atom is 0.0724 e. The van der Waals surface area contributed by atoms with Gasteiger partial charge in [-0.05, 0) is 83.0 Å². The van der Waals surface area contributed by atoms with E-state index >= 15 is 0 Å². The summed E-state index contributed by atoms with van der Waals surface area (Å²) >= 11 is 0. The van der Waals surface area contributed by atoms with E-state index in [1.807, 2.05) is 0 Å². The number of aryl methyl sites for hydroxylation is 4. The molecule has 0 heteroatoms. The van der Waals surface area contributed by atoms with E-state index < -0.39 is 0 Å². The molecule has 0 N–H and O–H groups in total. The van der Waals surface area contributed by atoms with Crippen LogP contribution >= 0.6 is 0 Å². The standard InChI is InChI=1S/C33H28/c1-21-13-16-26-25(19-21)15-18-28-27-17-14-22(2)20-31(27)33(32(26)28,29-11-7-5-9-23(29)3)30-12-8-6-10-24(30)4/h5-20H,1-4H3. The van der Waals surface area contributed by atoms with Crippen molar-refractivity contribution in [2.45, 2.75) is 33.1 Å². The summed E-state index contributed by atoms with van der Waals surface area (Å²) in [6.07, 6.45) is 0. The summed E-state index contributed by atoms with van der Waals surface area (Å²) < 4.78 is 0. The molecule has 0 atom stereocenters. The van der Waals surface area contributed by atoms with E-state index in [-0.39, 0.29) is 5.41 Å². The van der Waals surface area contributed by atoms with Gasteiger partial charge in [0.25, 0.3) is 0 Å². The van der Waals surface area contributed by atoms with Crippen LogP contribution in [-0.2, 0) is 5.41 Å². The third-order valence-corrected chi connectivity index (χ3v) is 7.52. The van der Waals surface area contributed by atoms with Gasteiger partial charge in [0.15, 0.2) is 0 Å². The quantitative estimate of drug-likeness (QED) is 0.262. The van der Waals surface area contributed by atoms with Crippen LogP contribution in [0.5, 0.6) is 0 Å². The summed E-state index contributed by atoms with van der Waals surface area (Å²) in [6, 6.07) is 36.5. The lowest BCUT2D eigenvalue weighted by molar-refractivity contribution is 0.759. The van der Waals surface area contributed by atoms with Crippen molar-refractivity contribution in [1.82, 2.24) is 0 Å². The molecular weight excluding hydrogens is 396 g/mol. The smallest absolute Gasteiger partial charge is 0.0620 e. The molecule has 33 heavy (non-hydrogen) atoms. The van der Waals surface area contributed by atoms with Gasteiger partial charge in [0.2, 0.25) is 0 Å². The van der Waals surface area contributed by atoms with E-state index in [0.717, 1.165) is 0 Å². The van der Waals surface area contributed by atoms with Gasteiger partial charge in [0.05, 0.1) is 5.41 Å². The van der Waals surface area contributed by atoms with Gasteiger partial charge in [0.1, 0.15) is 0 Å². The minimum absolute atomic E-state index is 0.359.